The maximum absolute atomic E-state index is 11.4. The monoisotopic (exact) mass is 462 g/mol. The summed E-state index contributed by atoms with van der Waals surface area (Å²) in [6, 6.07) is 20.1. The first kappa shape index (κ1) is 25.2. The van der Waals surface area contributed by atoms with Gasteiger partial charge in [-0.2, -0.15) is 0 Å². The zero-order chi connectivity index (χ0) is 24.3. The summed E-state index contributed by atoms with van der Waals surface area (Å²) in [5.74, 6) is 2.24. The predicted octanol–water partition coefficient (Wildman–Crippen LogP) is 6.53. The molecule has 0 radical (unpaired) electrons. The van der Waals surface area contributed by atoms with Gasteiger partial charge in [-0.1, -0.05) is 43.7 Å². The normalized spacial score (nSPS) is 10.6. The Balaban J connectivity index is 1.72. The summed E-state index contributed by atoms with van der Waals surface area (Å²) in [6.07, 6.45) is 3.09. The van der Waals surface area contributed by atoms with Crippen molar-refractivity contribution in [1.82, 2.24) is 0 Å². The van der Waals surface area contributed by atoms with Crippen molar-refractivity contribution in [3.63, 3.8) is 0 Å². The molecule has 0 aromatic heterocycles. The predicted molar refractivity (Wildman–Crippen MR) is 135 cm³/mol. The number of methoxy groups -OCH3 is 2. The van der Waals surface area contributed by atoms with Crippen molar-refractivity contribution < 1.29 is 23.7 Å². The van der Waals surface area contributed by atoms with Crippen LogP contribution in [0.1, 0.15) is 42.9 Å². The first-order valence-corrected chi connectivity index (χ1v) is 11.7. The van der Waals surface area contributed by atoms with Crippen LogP contribution >= 0.6 is 0 Å². The van der Waals surface area contributed by atoms with Gasteiger partial charge in [-0.05, 0) is 72.4 Å². The summed E-state index contributed by atoms with van der Waals surface area (Å²) in [7, 11) is 3.08. The molecule has 0 aliphatic rings. The Hall–Kier alpha value is -3.47. The topological polar surface area (TPSA) is 54.0 Å². The molecular formula is C29H34O5. The molecule has 0 bridgehead atoms. The Morgan fingerprint density at radius 1 is 0.853 bits per heavy atom. The van der Waals surface area contributed by atoms with Gasteiger partial charge in [0.05, 0.1) is 20.8 Å². The zero-order valence-corrected chi connectivity index (χ0v) is 20.6. The number of benzene rings is 3. The molecule has 0 spiro atoms. The average molecular weight is 463 g/mol. The van der Waals surface area contributed by atoms with E-state index in [0.29, 0.717) is 26.1 Å². The van der Waals surface area contributed by atoms with Crippen LogP contribution in [0.5, 0.6) is 17.2 Å². The molecule has 0 unspecified atom stereocenters. The number of aryl methyl sites for hydroxylation is 2. The van der Waals surface area contributed by atoms with Crippen LogP contribution in [0.4, 0.5) is 0 Å². The third-order valence-corrected chi connectivity index (χ3v) is 5.67. The number of esters is 1. The van der Waals surface area contributed by atoms with Crippen LogP contribution in [-0.2, 0) is 22.6 Å². The molecule has 34 heavy (non-hydrogen) atoms. The van der Waals surface area contributed by atoms with E-state index in [1.807, 2.05) is 42.5 Å². The van der Waals surface area contributed by atoms with Crippen LogP contribution in [0.15, 0.2) is 60.7 Å². The highest BCUT2D eigenvalue weighted by Crippen LogP contribution is 2.36. The molecule has 0 saturated carbocycles. The molecule has 0 heterocycles. The van der Waals surface area contributed by atoms with Crippen LogP contribution in [-0.4, -0.2) is 26.8 Å². The molecule has 3 aromatic rings. The van der Waals surface area contributed by atoms with E-state index in [0.717, 1.165) is 57.9 Å². The number of hydrogen-bond acceptors (Lipinski definition) is 5. The molecule has 0 amide bonds. The fraction of sp³-hybridized carbons (Fsp3) is 0.345. The van der Waals surface area contributed by atoms with Crippen molar-refractivity contribution in [2.24, 2.45) is 0 Å². The average Bonchev–Trinajstić information content (AvgIpc) is 2.86. The molecule has 0 fully saturated rings. The van der Waals surface area contributed by atoms with E-state index < -0.39 is 0 Å². The SMILES string of the molecule is CCCCOc1ccc(OC)cc1-c1ccc(COc2cccc(CCC(=O)OC)c2)cc1C. The van der Waals surface area contributed by atoms with Gasteiger partial charge in [0.1, 0.15) is 23.9 Å². The Labute approximate surface area is 202 Å². The standard InChI is InChI=1S/C29H34O5/c1-5-6-16-33-28-14-12-24(31-3)19-27(28)26-13-10-23(17-21(26)2)20-34-25-9-7-8-22(18-25)11-15-29(30)32-4/h7-10,12-14,17-19H,5-6,11,15-16,20H2,1-4H3. The second-order valence-electron chi connectivity index (χ2n) is 8.23. The molecule has 3 rings (SSSR count). The minimum atomic E-state index is -0.211. The van der Waals surface area contributed by atoms with Gasteiger partial charge in [0.25, 0.3) is 0 Å². The van der Waals surface area contributed by atoms with Gasteiger partial charge in [-0.15, -0.1) is 0 Å². The lowest BCUT2D eigenvalue weighted by molar-refractivity contribution is -0.140. The highest BCUT2D eigenvalue weighted by atomic mass is 16.5. The van der Waals surface area contributed by atoms with Crippen LogP contribution in [0.25, 0.3) is 11.1 Å². The maximum Gasteiger partial charge on any atom is 0.305 e. The van der Waals surface area contributed by atoms with Crippen LogP contribution in [0.2, 0.25) is 0 Å². The van der Waals surface area contributed by atoms with Crippen molar-refractivity contribution in [2.45, 2.75) is 46.1 Å². The Morgan fingerprint density at radius 2 is 1.71 bits per heavy atom. The van der Waals surface area contributed by atoms with Crippen LogP contribution < -0.4 is 14.2 Å². The van der Waals surface area contributed by atoms with Crippen LogP contribution in [0, 0.1) is 6.92 Å². The summed E-state index contributed by atoms with van der Waals surface area (Å²) in [5.41, 5.74) is 5.40. The van der Waals surface area contributed by atoms with Gasteiger partial charge in [0, 0.05) is 12.0 Å². The van der Waals surface area contributed by atoms with Gasteiger partial charge in [0.2, 0.25) is 0 Å². The lowest BCUT2D eigenvalue weighted by atomic mass is 9.97. The van der Waals surface area contributed by atoms with Gasteiger partial charge in [-0.25, -0.2) is 0 Å². The van der Waals surface area contributed by atoms with E-state index in [1.165, 1.54) is 7.11 Å². The second-order valence-corrected chi connectivity index (χ2v) is 8.23. The smallest absolute Gasteiger partial charge is 0.305 e. The fourth-order valence-electron chi connectivity index (χ4n) is 3.72. The minimum Gasteiger partial charge on any atom is -0.497 e. The second kappa shape index (κ2) is 12.7. The molecule has 0 saturated heterocycles. The fourth-order valence-corrected chi connectivity index (χ4v) is 3.72. The third kappa shape index (κ3) is 7.01. The van der Waals surface area contributed by atoms with E-state index in [9.17, 15) is 4.79 Å². The summed E-state index contributed by atoms with van der Waals surface area (Å²) in [5, 5.41) is 0. The molecule has 5 nitrogen and oxygen atoms in total. The first-order valence-electron chi connectivity index (χ1n) is 11.7. The van der Waals surface area contributed by atoms with Gasteiger partial charge >= 0.3 is 5.97 Å². The van der Waals surface area contributed by atoms with Crippen molar-refractivity contribution in [1.29, 1.82) is 0 Å². The number of hydrogen-bond donors (Lipinski definition) is 0. The summed E-state index contributed by atoms with van der Waals surface area (Å²) < 4.78 is 22.3. The molecule has 0 N–H and O–H groups in total. The quantitative estimate of drug-likeness (QED) is 0.226. The summed E-state index contributed by atoms with van der Waals surface area (Å²) in [6.45, 7) is 5.41. The number of carbonyl (C=O) groups is 1. The molecule has 0 atom stereocenters. The van der Waals surface area contributed by atoms with Gasteiger partial charge in [0.15, 0.2) is 0 Å². The summed E-state index contributed by atoms with van der Waals surface area (Å²) in [4.78, 5) is 11.4. The van der Waals surface area contributed by atoms with Crippen molar-refractivity contribution in [3.05, 3.63) is 77.4 Å². The number of rotatable bonds is 12. The van der Waals surface area contributed by atoms with Gasteiger partial charge in [-0.3, -0.25) is 4.79 Å². The number of ether oxygens (including phenoxy) is 4. The molecule has 5 heteroatoms. The van der Waals surface area contributed by atoms with Crippen molar-refractivity contribution in [2.75, 3.05) is 20.8 Å². The highest BCUT2D eigenvalue weighted by molar-refractivity contribution is 5.75. The van der Waals surface area contributed by atoms with E-state index in [4.69, 9.17) is 18.9 Å². The lowest BCUT2D eigenvalue weighted by Gasteiger charge is -2.16. The largest absolute Gasteiger partial charge is 0.497 e. The Morgan fingerprint density at radius 3 is 2.44 bits per heavy atom. The maximum atomic E-state index is 11.4. The summed E-state index contributed by atoms with van der Waals surface area (Å²) >= 11 is 0. The third-order valence-electron chi connectivity index (χ3n) is 5.67. The zero-order valence-electron chi connectivity index (χ0n) is 20.6. The number of carbonyl (C=O) groups excluding carboxylic acids is 1. The minimum absolute atomic E-state index is 0.211. The molecular weight excluding hydrogens is 428 g/mol. The number of unbranched alkanes of at least 4 members (excludes halogenated alkanes) is 1. The Bertz CT molecular complexity index is 1090. The lowest BCUT2D eigenvalue weighted by Crippen LogP contribution is -2.02. The van der Waals surface area contributed by atoms with Crippen molar-refractivity contribution >= 4 is 5.97 Å². The first-order chi connectivity index (χ1) is 16.5. The van der Waals surface area contributed by atoms with E-state index in [-0.39, 0.29) is 5.97 Å². The van der Waals surface area contributed by atoms with E-state index in [2.05, 4.69) is 32.0 Å². The molecule has 0 aliphatic carbocycles. The molecule has 0 aliphatic heterocycles. The van der Waals surface area contributed by atoms with Gasteiger partial charge < -0.3 is 18.9 Å². The van der Waals surface area contributed by atoms with Crippen molar-refractivity contribution in [3.8, 4) is 28.4 Å². The molecule has 180 valence electrons. The molecule has 3 aromatic carbocycles. The van der Waals surface area contributed by atoms with E-state index in [1.54, 1.807) is 7.11 Å². The Kier molecular flexibility index (Phi) is 9.39. The highest BCUT2D eigenvalue weighted by Gasteiger charge is 2.12. The van der Waals surface area contributed by atoms with E-state index >= 15 is 0 Å². The van der Waals surface area contributed by atoms with Crippen LogP contribution in [0.3, 0.4) is 0 Å².